The van der Waals surface area contributed by atoms with Gasteiger partial charge in [-0.2, -0.15) is 0 Å². The van der Waals surface area contributed by atoms with E-state index in [9.17, 15) is 9.90 Å². The van der Waals surface area contributed by atoms with Crippen LogP contribution in [0.5, 0.6) is 0 Å². The van der Waals surface area contributed by atoms with Gasteiger partial charge in [0, 0.05) is 20.0 Å². The molecule has 4 nitrogen and oxygen atoms in total. The van der Waals surface area contributed by atoms with Crippen molar-refractivity contribution in [2.24, 2.45) is 11.8 Å². The highest BCUT2D eigenvalue weighted by Crippen LogP contribution is 2.27. The van der Waals surface area contributed by atoms with E-state index in [2.05, 4.69) is 5.32 Å². The monoisotopic (exact) mass is 254 g/mol. The molecule has 1 saturated heterocycles. The standard InChI is InChI=1S/C14H26N2O2/c1-16(10-12-7-13(17)8-12)14(18)5-4-11-3-2-6-15-9-11/h11-13,15,17H,2-10H2,1H3. The molecule has 0 radical (unpaired) electrons. The lowest BCUT2D eigenvalue weighted by atomic mass is 9.82. The van der Waals surface area contributed by atoms with Gasteiger partial charge >= 0.3 is 0 Å². The van der Waals surface area contributed by atoms with Crippen LogP contribution in [-0.2, 0) is 4.79 Å². The average molecular weight is 254 g/mol. The van der Waals surface area contributed by atoms with E-state index < -0.39 is 0 Å². The summed E-state index contributed by atoms with van der Waals surface area (Å²) in [7, 11) is 1.89. The summed E-state index contributed by atoms with van der Waals surface area (Å²) in [6.45, 7) is 3.03. The molecule has 2 N–H and O–H groups in total. The molecule has 104 valence electrons. The molecule has 0 aromatic rings. The van der Waals surface area contributed by atoms with E-state index in [1.165, 1.54) is 12.8 Å². The first-order valence-electron chi connectivity index (χ1n) is 7.28. The number of rotatable bonds is 5. The minimum Gasteiger partial charge on any atom is -0.393 e. The number of hydrogen-bond acceptors (Lipinski definition) is 3. The van der Waals surface area contributed by atoms with E-state index in [1.807, 2.05) is 11.9 Å². The maximum atomic E-state index is 12.0. The van der Waals surface area contributed by atoms with Crippen molar-refractivity contribution in [2.45, 2.75) is 44.6 Å². The van der Waals surface area contributed by atoms with Gasteiger partial charge in [0.15, 0.2) is 0 Å². The molecule has 0 spiro atoms. The number of carbonyl (C=O) groups excluding carboxylic acids is 1. The molecule has 1 saturated carbocycles. The predicted octanol–water partition coefficient (Wildman–Crippen LogP) is 0.995. The first-order valence-corrected chi connectivity index (χ1v) is 7.28. The van der Waals surface area contributed by atoms with Crippen molar-refractivity contribution < 1.29 is 9.90 Å². The van der Waals surface area contributed by atoms with Crippen molar-refractivity contribution >= 4 is 5.91 Å². The number of nitrogens with one attached hydrogen (secondary N) is 1. The Bertz CT molecular complexity index is 271. The molecule has 1 aliphatic carbocycles. The van der Waals surface area contributed by atoms with Gasteiger partial charge in [0.1, 0.15) is 0 Å². The van der Waals surface area contributed by atoms with Gasteiger partial charge in [0.2, 0.25) is 5.91 Å². The zero-order valence-electron chi connectivity index (χ0n) is 11.4. The van der Waals surface area contributed by atoms with E-state index in [0.29, 0.717) is 18.3 Å². The summed E-state index contributed by atoms with van der Waals surface area (Å²) in [5.41, 5.74) is 0. The van der Waals surface area contributed by atoms with Crippen LogP contribution in [0.4, 0.5) is 0 Å². The lowest BCUT2D eigenvalue weighted by Crippen LogP contribution is -2.39. The van der Waals surface area contributed by atoms with E-state index in [4.69, 9.17) is 0 Å². The number of aliphatic hydroxyl groups excluding tert-OH is 1. The summed E-state index contributed by atoms with van der Waals surface area (Å²) < 4.78 is 0. The van der Waals surface area contributed by atoms with Gasteiger partial charge in [-0.1, -0.05) is 0 Å². The van der Waals surface area contributed by atoms with Gasteiger partial charge < -0.3 is 15.3 Å². The predicted molar refractivity (Wildman–Crippen MR) is 71.2 cm³/mol. The van der Waals surface area contributed by atoms with Crippen LogP contribution in [0.15, 0.2) is 0 Å². The van der Waals surface area contributed by atoms with Crippen LogP contribution < -0.4 is 5.32 Å². The number of aliphatic hydroxyl groups is 1. The largest absolute Gasteiger partial charge is 0.393 e. The van der Waals surface area contributed by atoms with Gasteiger partial charge in [-0.3, -0.25) is 4.79 Å². The number of nitrogens with zero attached hydrogens (tertiary/aromatic N) is 1. The van der Waals surface area contributed by atoms with Crippen molar-refractivity contribution in [3.8, 4) is 0 Å². The second-order valence-electron chi connectivity index (χ2n) is 6.02. The number of amides is 1. The third-order valence-corrected chi connectivity index (χ3v) is 4.33. The van der Waals surface area contributed by atoms with E-state index in [-0.39, 0.29) is 12.0 Å². The number of piperidine rings is 1. The fraction of sp³-hybridized carbons (Fsp3) is 0.929. The Labute approximate surface area is 110 Å². The van der Waals surface area contributed by atoms with Crippen molar-refractivity contribution in [3.63, 3.8) is 0 Å². The molecule has 0 aromatic carbocycles. The Kier molecular flexibility index (Phi) is 5.01. The van der Waals surface area contributed by atoms with E-state index >= 15 is 0 Å². The molecule has 1 amide bonds. The van der Waals surface area contributed by atoms with Crippen LogP contribution >= 0.6 is 0 Å². The van der Waals surface area contributed by atoms with Crippen molar-refractivity contribution in [3.05, 3.63) is 0 Å². The fourth-order valence-electron chi connectivity index (χ4n) is 3.03. The normalized spacial score (nSPS) is 31.8. The Balaban J connectivity index is 1.61. The van der Waals surface area contributed by atoms with Crippen LogP contribution in [0.2, 0.25) is 0 Å². The smallest absolute Gasteiger partial charge is 0.222 e. The second-order valence-corrected chi connectivity index (χ2v) is 6.02. The van der Waals surface area contributed by atoms with Gasteiger partial charge in [-0.15, -0.1) is 0 Å². The van der Waals surface area contributed by atoms with Crippen LogP contribution in [0.25, 0.3) is 0 Å². The lowest BCUT2D eigenvalue weighted by molar-refractivity contribution is -0.131. The SMILES string of the molecule is CN(CC1CC(O)C1)C(=O)CCC1CCCNC1. The quantitative estimate of drug-likeness (QED) is 0.769. The summed E-state index contributed by atoms with van der Waals surface area (Å²) >= 11 is 0. The number of hydrogen-bond donors (Lipinski definition) is 2. The topological polar surface area (TPSA) is 52.6 Å². The molecule has 2 aliphatic rings. The molecule has 1 unspecified atom stereocenters. The second kappa shape index (κ2) is 6.53. The zero-order valence-corrected chi connectivity index (χ0v) is 11.4. The molecule has 1 heterocycles. The van der Waals surface area contributed by atoms with Crippen LogP contribution in [0.1, 0.15) is 38.5 Å². The van der Waals surface area contributed by atoms with Gasteiger partial charge in [0.25, 0.3) is 0 Å². The third kappa shape index (κ3) is 3.95. The van der Waals surface area contributed by atoms with Gasteiger partial charge in [0.05, 0.1) is 6.10 Å². The van der Waals surface area contributed by atoms with Crippen LogP contribution in [0.3, 0.4) is 0 Å². The van der Waals surface area contributed by atoms with Gasteiger partial charge in [-0.05, 0) is 57.0 Å². The molecule has 18 heavy (non-hydrogen) atoms. The number of carbonyl (C=O) groups is 1. The first kappa shape index (κ1) is 13.8. The maximum absolute atomic E-state index is 12.0. The van der Waals surface area contributed by atoms with Crippen LogP contribution in [-0.4, -0.2) is 48.7 Å². The summed E-state index contributed by atoms with van der Waals surface area (Å²) in [6.07, 6.45) is 5.82. The summed E-state index contributed by atoms with van der Waals surface area (Å²) in [5.74, 6) is 1.47. The average Bonchev–Trinajstić information content (AvgIpc) is 2.35. The minimum absolute atomic E-state index is 0.119. The Morgan fingerprint density at radius 2 is 2.17 bits per heavy atom. The highest BCUT2D eigenvalue weighted by Gasteiger charge is 2.29. The Morgan fingerprint density at radius 3 is 2.78 bits per heavy atom. The third-order valence-electron chi connectivity index (χ3n) is 4.33. The zero-order chi connectivity index (χ0) is 13.0. The molecule has 1 atom stereocenters. The summed E-state index contributed by atoms with van der Waals surface area (Å²) in [6, 6.07) is 0. The molecule has 4 heteroatoms. The molecule has 1 aliphatic heterocycles. The van der Waals surface area contributed by atoms with E-state index in [0.717, 1.165) is 38.9 Å². The molecular formula is C14H26N2O2. The first-order chi connectivity index (χ1) is 8.65. The highest BCUT2D eigenvalue weighted by atomic mass is 16.3. The Morgan fingerprint density at radius 1 is 1.39 bits per heavy atom. The fourth-order valence-corrected chi connectivity index (χ4v) is 3.03. The summed E-state index contributed by atoms with van der Waals surface area (Å²) in [5, 5.41) is 12.6. The van der Waals surface area contributed by atoms with Crippen molar-refractivity contribution in [1.29, 1.82) is 0 Å². The maximum Gasteiger partial charge on any atom is 0.222 e. The molecule has 2 fully saturated rings. The molecule has 0 bridgehead atoms. The van der Waals surface area contributed by atoms with E-state index in [1.54, 1.807) is 0 Å². The molecule has 0 aromatic heterocycles. The highest BCUT2D eigenvalue weighted by molar-refractivity contribution is 5.75. The lowest BCUT2D eigenvalue weighted by Gasteiger charge is -2.34. The van der Waals surface area contributed by atoms with Crippen LogP contribution in [0, 0.1) is 11.8 Å². The molecule has 2 rings (SSSR count). The minimum atomic E-state index is -0.119. The van der Waals surface area contributed by atoms with Crippen molar-refractivity contribution in [1.82, 2.24) is 10.2 Å². The molecular weight excluding hydrogens is 228 g/mol. The summed E-state index contributed by atoms with van der Waals surface area (Å²) in [4.78, 5) is 13.8. The van der Waals surface area contributed by atoms with Gasteiger partial charge in [-0.25, -0.2) is 0 Å². The van der Waals surface area contributed by atoms with Crippen molar-refractivity contribution in [2.75, 3.05) is 26.7 Å². The Hall–Kier alpha value is -0.610.